The first kappa shape index (κ1) is 20.9. The van der Waals surface area contributed by atoms with Gasteiger partial charge in [0.15, 0.2) is 5.78 Å². The summed E-state index contributed by atoms with van der Waals surface area (Å²) >= 11 is 0. The van der Waals surface area contributed by atoms with Crippen LogP contribution in [0.25, 0.3) is 43.4 Å². The Balaban J connectivity index is 1.68. The third kappa shape index (κ3) is 3.66. The van der Waals surface area contributed by atoms with Crippen LogP contribution in [0.15, 0.2) is 115 Å². The highest BCUT2D eigenvalue weighted by Crippen LogP contribution is 2.36. The standard InChI is InChI=1S/C34H22O/c1-23(35)34-32(21-20-26-14-8-13-24-10-2-5-16-28(24)26)30-18-7-4-12-27(30)22-33(34)31-19-9-15-25-11-3-6-17-29(25)31/h2-19,22H,1H3. The fourth-order valence-corrected chi connectivity index (χ4v) is 4.98. The van der Waals surface area contributed by atoms with E-state index in [9.17, 15) is 4.79 Å². The first-order valence-corrected chi connectivity index (χ1v) is 11.8. The zero-order valence-corrected chi connectivity index (χ0v) is 19.4. The van der Waals surface area contributed by atoms with Crippen LogP contribution in [-0.2, 0) is 0 Å². The van der Waals surface area contributed by atoms with E-state index in [1.54, 1.807) is 6.92 Å². The molecule has 164 valence electrons. The molecular weight excluding hydrogens is 424 g/mol. The van der Waals surface area contributed by atoms with Crippen molar-refractivity contribution in [3.8, 4) is 23.0 Å². The van der Waals surface area contributed by atoms with Gasteiger partial charge < -0.3 is 0 Å². The van der Waals surface area contributed by atoms with Crippen LogP contribution in [0.2, 0.25) is 0 Å². The molecule has 0 saturated heterocycles. The molecule has 0 N–H and O–H groups in total. The van der Waals surface area contributed by atoms with Crippen molar-refractivity contribution in [3.05, 3.63) is 132 Å². The van der Waals surface area contributed by atoms with Crippen molar-refractivity contribution in [2.75, 3.05) is 0 Å². The van der Waals surface area contributed by atoms with Crippen molar-refractivity contribution < 1.29 is 4.79 Å². The van der Waals surface area contributed by atoms with Gasteiger partial charge in [-0.15, -0.1) is 0 Å². The molecule has 0 radical (unpaired) electrons. The molecule has 6 rings (SSSR count). The topological polar surface area (TPSA) is 17.1 Å². The van der Waals surface area contributed by atoms with Crippen LogP contribution in [0.1, 0.15) is 28.4 Å². The predicted octanol–water partition coefficient (Wildman–Crippen LogP) is 8.42. The quantitative estimate of drug-likeness (QED) is 0.193. The van der Waals surface area contributed by atoms with Gasteiger partial charge in [0.25, 0.3) is 0 Å². The molecule has 0 unspecified atom stereocenters. The number of Topliss-reactive ketones (excluding diaryl/α,β-unsaturated/α-hetero) is 1. The molecule has 6 aromatic rings. The van der Waals surface area contributed by atoms with Crippen molar-refractivity contribution in [2.45, 2.75) is 6.92 Å². The number of rotatable bonds is 2. The van der Waals surface area contributed by atoms with Crippen LogP contribution in [0.5, 0.6) is 0 Å². The average Bonchev–Trinajstić information content (AvgIpc) is 2.90. The first-order valence-electron chi connectivity index (χ1n) is 11.8. The van der Waals surface area contributed by atoms with Crippen molar-refractivity contribution in [3.63, 3.8) is 0 Å². The third-order valence-corrected chi connectivity index (χ3v) is 6.59. The molecule has 1 nitrogen and oxygen atoms in total. The van der Waals surface area contributed by atoms with Crippen LogP contribution in [-0.4, -0.2) is 5.78 Å². The van der Waals surface area contributed by atoms with Gasteiger partial charge in [0.05, 0.1) is 0 Å². The summed E-state index contributed by atoms with van der Waals surface area (Å²) in [6.45, 7) is 1.64. The van der Waals surface area contributed by atoms with Gasteiger partial charge >= 0.3 is 0 Å². The summed E-state index contributed by atoms with van der Waals surface area (Å²) in [5.74, 6) is 6.85. The molecule has 0 aliphatic heterocycles. The summed E-state index contributed by atoms with van der Waals surface area (Å²) in [7, 11) is 0. The Morgan fingerprint density at radius 3 is 1.86 bits per heavy atom. The van der Waals surface area contributed by atoms with Crippen molar-refractivity contribution in [1.29, 1.82) is 0 Å². The molecule has 0 aliphatic carbocycles. The second-order valence-electron chi connectivity index (χ2n) is 8.75. The van der Waals surface area contributed by atoms with E-state index in [2.05, 4.69) is 78.6 Å². The molecule has 0 atom stereocenters. The Hall–Kier alpha value is -4.67. The normalized spacial score (nSPS) is 10.9. The van der Waals surface area contributed by atoms with Gasteiger partial charge in [-0.25, -0.2) is 0 Å². The number of fused-ring (bicyclic) bond motifs is 3. The van der Waals surface area contributed by atoms with Gasteiger partial charge in [-0.05, 0) is 62.5 Å². The summed E-state index contributed by atoms with van der Waals surface area (Å²) in [5.41, 5.74) is 4.39. The second kappa shape index (κ2) is 8.60. The molecule has 35 heavy (non-hydrogen) atoms. The smallest absolute Gasteiger partial charge is 0.161 e. The molecule has 0 aromatic heterocycles. The van der Waals surface area contributed by atoms with E-state index in [1.165, 1.54) is 0 Å². The molecule has 6 aromatic carbocycles. The highest BCUT2D eigenvalue weighted by Gasteiger charge is 2.18. The SMILES string of the molecule is CC(=O)c1c(-c2cccc3ccccc23)cc2ccccc2c1C#Cc1cccc2ccccc12. The maximum absolute atomic E-state index is 13.2. The second-order valence-corrected chi connectivity index (χ2v) is 8.75. The number of hydrogen-bond donors (Lipinski definition) is 0. The van der Waals surface area contributed by atoms with Crippen LogP contribution in [0.3, 0.4) is 0 Å². The van der Waals surface area contributed by atoms with E-state index in [-0.39, 0.29) is 5.78 Å². The Bertz CT molecular complexity index is 1820. The maximum Gasteiger partial charge on any atom is 0.161 e. The minimum Gasteiger partial charge on any atom is -0.294 e. The van der Waals surface area contributed by atoms with E-state index >= 15 is 0 Å². The van der Waals surface area contributed by atoms with Gasteiger partial charge in [0.1, 0.15) is 0 Å². The fraction of sp³-hybridized carbons (Fsp3) is 0.0294. The zero-order chi connectivity index (χ0) is 23.8. The van der Waals surface area contributed by atoms with E-state index in [4.69, 9.17) is 0 Å². The van der Waals surface area contributed by atoms with Crippen LogP contribution >= 0.6 is 0 Å². The van der Waals surface area contributed by atoms with Gasteiger partial charge in [0, 0.05) is 16.7 Å². The number of hydrogen-bond acceptors (Lipinski definition) is 1. The molecule has 0 amide bonds. The number of carbonyl (C=O) groups is 1. The molecule has 0 bridgehead atoms. The van der Waals surface area contributed by atoms with Gasteiger partial charge in [-0.3, -0.25) is 4.79 Å². The Labute approximate surface area is 204 Å². The van der Waals surface area contributed by atoms with Crippen molar-refractivity contribution in [1.82, 2.24) is 0 Å². The summed E-state index contributed by atoms with van der Waals surface area (Å²) in [6, 6.07) is 39.3. The van der Waals surface area contributed by atoms with Gasteiger partial charge in [0.2, 0.25) is 0 Å². The lowest BCUT2D eigenvalue weighted by Crippen LogP contribution is -2.02. The van der Waals surface area contributed by atoms with Crippen LogP contribution < -0.4 is 0 Å². The monoisotopic (exact) mass is 446 g/mol. The van der Waals surface area contributed by atoms with Crippen LogP contribution in [0, 0.1) is 11.8 Å². The molecule has 0 heterocycles. The molecule has 1 heteroatoms. The summed E-state index contributed by atoms with van der Waals surface area (Å²) in [5, 5.41) is 6.61. The molecule has 0 spiro atoms. The van der Waals surface area contributed by atoms with E-state index in [0.717, 1.165) is 54.6 Å². The Morgan fingerprint density at radius 1 is 0.543 bits per heavy atom. The van der Waals surface area contributed by atoms with Crippen molar-refractivity contribution in [2.24, 2.45) is 0 Å². The number of carbonyl (C=O) groups excluding carboxylic acids is 1. The minimum absolute atomic E-state index is 0.0147. The first-order chi connectivity index (χ1) is 17.2. The Morgan fingerprint density at radius 2 is 1.11 bits per heavy atom. The number of ketones is 1. The lowest BCUT2D eigenvalue weighted by molar-refractivity contribution is 0.101. The van der Waals surface area contributed by atoms with Gasteiger partial charge in [-0.1, -0.05) is 115 Å². The van der Waals surface area contributed by atoms with E-state index in [1.807, 2.05) is 48.5 Å². The highest BCUT2D eigenvalue weighted by atomic mass is 16.1. The molecular formula is C34H22O. The number of benzene rings is 6. The van der Waals surface area contributed by atoms with Crippen LogP contribution in [0.4, 0.5) is 0 Å². The Kier molecular flexibility index (Phi) is 5.13. The van der Waals surface area contributed by atoms with Gasteiger partial charge in [-0.2, -0.15) is 0 Å². The molecule has 0 saturated carbocycles. The predicted molar refractivity (Wildman–Crippen MR) is 147 cm³/mol. The highest BCUT2D eigenvalue weighted by molar-refractivity contribution is 6.12. The molecule has 0 fully saturated rings. The van der Waals surface area contributed by atoms with E-state index < -0.39 is 0 Å². The summed E-state index contributed by atoms with van der Waals surface area (Å²) < 4.78 is 0. The largest absolute Gasteiger partial charge is 0.294 e. The van der Waals surface area contributed by atoms with E-state index in [0.29, 0.717) is 5.56 Å². The summed E-state index contributed by atoms with van der Waals surface area (Å²) in [4.78, 5) is 13.2. The lowest BCUT2D eigenvalue weighted by atomic mass is 9.87. The average molecular weight is 447 g/mol. The zero-order valence-electron chi connectivity index (χ0n) is 19.4. The fourth-order valence-electron chi connectivity index (χ4n) is 4.98. The molecule has 0 aliphatic rings. The lowest BCUT2D eigenvalue weighted by Gasteiger charge is -2.15. The summed E-state index contributed by atoms with van der Waals surface area (Å²) in [6.07, 6.45) is 0. The minimum atomic E-state index is 0.0147. The third-order valence-electron chi connectivity index (χ3n) is 6.59. The van der Waals surface area contributed by atoms with Crippen molar-refractivity contribution >= 4 is 38.1 Å². The maximum atomic E-state index is 13.2.